The maximum atomic E-state index is 12.1. The van der Waals surface area contributed by atoms with Crippen LogP contribution in [0.2, 0.25) is 5.02 Å². The molecule has 0 saturated heterocycles. The second-order valence-corrected chi connectivity index (χ2v) is 5.51. The first-order valence-corrected chi connectivity index (χ1v) is 7.11. The van der Waals surface area contributed by atoms with E-state index >= 15 is 0 Å². The van der Waals surface area contributed by atoms with Crippen LogP contribution in [0.5, 0.6) is 17.2 Å². The van der Waals surface area contributed by atoms with Gasteiger partial charge in [0.15, 0.2) is 0 Å². The van der Waals surface area contributed by atoms with E-state index in [9.17, 15) is 9.90 Å². The van der Waals surface area contributed by atoms with E-state index in [4.69, 9.17) is 16.3 Å². The van der Waals surface area contributed by atoms with Gasteiger partial charge >= 0.3 is 0 Å². The van der Waals surface area contributed by atoms with Crippen LogP contribution in [-0.4, -0.2) is 9.67 Å². The number of hydrogen-bond acceptors (Lipinski definition) is 3. The van der Waals surface area contributed by atoms with Crippen LogP contribution in [-0.2, 0) is 7.05 Å². The quantitative estimate of drug-likeness (QED) is 0.777. The van der Waals surface area contributed by atoms with Crippen molar-refractivity contribution in [2.24, 2.45) is 7.05 Å². The molecule has 0 fully saturated rings. The fourth-order valence-corrected chi connectivity index (χ4v) is 2.48. The summed E-state index contributed by atoms with van der Waals surface area (Å²) >= 11 is 5.84. The summed E-state index contributed by atoms with van der Waals surface area (Å²) in [6.07, 6.45) is 0. The summed E-state index contributed by atoms with van der Waals surface area (Å²) in [5.41, 5.74) is 0.717. The molecule has 0 bridgehead atoms. The molecule has 0 unspecified atom stereocenters. The van der Waals surface area contributed by atoms with Crippen LogP contribution in [0.1, 0.15) is 5.56 Å². The van der Waals surface area contributed by atoms with Crippen LogP contribution in [0.25, 0.3) is 10.9 Å². The van der Waals surface area contributed by atoms with E-state index in [0.29, 0.717) is 33.0 Å². The van der Waals surface area contributed by atoms with Crippen LogP contribution in [0.3, 0.4) is 0 Å². The van der Waals surface area contributed by atoms with Gasteiger partial charge in [-0.15, -0.1) is 0 Å². The molecule has 3 rings (SSSR count). The van der Waals surface area contributed by atoms with Gasteiger partial charge < -0.3 is 14.4 Å². The van der Waals surface area contributed by atoms with Crippen molar-refractivity contribution < 1.29 is 9.84 Å². The molecule has 22 heavy (non-hydrogen) atoms. The molecule has 0 amide bonds. The van der Waals surface area contributed by atoms with Gasteiger partial charge in [0.1, 0.15) is 17.2 Å². The second-order valence-electron chi connectivity index (χ2n) is 5.07. The highest BCUT2D eigenvalue weighted by Crippen LogP contribution is 2.30. The maximum absolute atomic E-state index is 12.1. The van der Waals surface area contributed by atoms with Crippen LogP contribution in [0.4, 0.5) is 0 Å². The highest BCUT2D eigenvalue weighted by molar-refractivity contribution is 6.30. The zero-order valence-electron chi connectivity index (χ0n) is 12.1. The van der Waals surface area contributed by atoms with Gasteiger partial charge in [-0.25, -0.2) is 0 Å². The monoisotopic (exact) mass is 315 g/mol. The normalized spacial score (nSPS) is 10.9. The predicted molar refractivity (Wildman–Crippen MR) is 87.1 cm³/mol. The van der Waals surface area contributed by atoms with Crippen LogP contribution in [0, 0.1) is 6.92 Å². The summed E-state index contributed by atoms with van der Waals surface area (Å²) in [7, 11) is 1.67. The van der Waals surface area contributed by atoms with E-state index in [1.807, 2.05) is 0 Å². The Labute approximate surface area is 132 Å². The van der Waals surface area contributed by atoms with Gasteiger partial charge in [-0.2, -0.15) is 0 Å². The molecule has 4 nitrogen and oxygen atoms in total. The first-order chi connectivity index (χ1) is 10.5. The molecule has 0 saturated carbocycles. The summed E-state index contributed by atoms with van der Waals surface area (Å²) in [5, 5.41) is 11.4. The minimum absolute atomic E-state index is 0.0103. The van der Waals surface area contributed by atoms with E-state index in [1.165, 1.54) is 4.57 Å². The van der Waals surface area contributed by atoms with Crippen LogP contribution < -0.4 is 10.3 Å². The van der Waals surface area contributed by atoms with E-state index in [0.717, 1.165) is 0 Å². The molecule has 1 N–H and O–H groups in total. The summed E-state index contributed by atoms with van der Waals surface area (Å²) in [6.45, 7) is 1.61. The molecule has 0 aliphatic carbocycles. The Morgan fingerprint density at radius 3 is 2.41 bits per heavy atom. The average molecular weight is 316 g/mol. The predicted octanol–water partition coefficient (Wildman–Crippen LogP) is 4.00. The summed E-state index contributed by atoms with van der Waals surface area (Å²) in [6, 6.07) is 12.2. The standard InChI is InChI=1S/C17H14ClNO3/c1-10-16(20)14-8-7-13(9-15(14)19(2)17(10)21)22-12-5-3-11(18)4-6-12/h3-9,20H,1-2H3. The minimum Gasteiger partial charge on any atom is -0.507 e. The Morgan fingerprint density at radius 1 is 1.09 bits per heavy atom. The lowest BCUT2D eigenvalue weighted by atomic mass is 10.1. The molecule has 0 radical (unpaired) electrons. The van der Waals surface area contributed by atoms with Crippen molar-refractivity contribution in [3.05, 3.63) is 63.4 Å². The molecule has 1 heterocycles. The SMILES string of the molecule is Cc1c(O)c2ccc(Oc3ccc(Cl)cc3)cc2n(C)c1=O. The van der Waals surface area contributed by atoms with Crippen LogP contribution >= 0.6 is 11.6 Å². The topological polar surface area (TPSA) is 51.5 Å². The van der Waals surface area contributed by atoms with Crippen molar-refractivity contribution in [1.82, 2.24) is 4.57 Å². The number of rotatable bonds is 2. The Hall–Kier alpha value is -2.46. The molecule has 112 valence electrons. The van der Waals surface area contributed by atoms with Gasteiger partial charge in [0, 0.05) is 23.5 Å². The van der Waals surface area contributed by atoms with Gasteiger partial charge in [0.05, 0.1) is 11.1 Å². The molecule has 0 atom stereocenters. The molecule has 5 heteroatoms. The second kappa shape index (κ2) is 5.39. The van der Waals surface area contributed by atoms with Crippen molar-refractivity contribution in [2.75, 3.05) is 0 Å². The van der Waals surface area contributed by atoms with E-state index in [1.54, 1.807) is 56.4 Å². The fourth-order valence-electron chi connectivity index (χ4n) is 2.36. The number of halogens is 1. The largest absolute Gasteiger partial charge is 0.507 e. The third kappa shape index (κ3) is 2.42. The van der Waals surface area contributed by atoms with Crippen molar-refractivity contribution in [2.45, 2.75) is 6.92 Å². The number of nitrogens with zero attached hydrogens (tertiary/aromatic N) is 1. The number of pyridine rings is 1. The smallest absolute Gasteiger partial charge is 0.257 e. The number of aryl methyl sites for hydroxylation is 1. The number of fused-ring (bicyclic) bond motifs is 1. The number of benzene rings is 2. The summed E-state index contributed by atoms with van der Waals surface area (Å²) in [4.78, 5) is 12.1. The van der Waals surface area contributed by atoms with Gasteiger partial charge in [-0.3, -0.25) is 4.79 Å². The zero-order valence-corrected chi connectivity index (χ0v) is 12.9. The van der Waals surface area contributed by atoms with E-state index in [2.05, 4.69) is 0 Å². The first-order valence-electron chi connectivity index (χ1n) is 6.73. The van der Waals surface area contributed by atoms with Gasteiger partial charge in [0.25, 0.3) is 5.56 Å². The molecule has 0 aliphatic heterocycles. The van der Waals surface area contributed by atoms with Gasteiger partial charge in [-0.1, -0.05) is 11.6 Å². The lowest BCUT2D eigenvalue weighted by molar-refractivity contribution is 0.473. The van der Waals surface area contributed by atoms with Crippen molar-refractivity contribution in [3.63, 3.8) is 0 Å². The average Bonchev–Trinajstić information content (AvgIpc) is 2.53. The van der Waals surface area contributed by atoms with Crippen molar-refractivity contribution >= 4 is 22.5 Å². The third-order valence-electron chi connectivity index (χ3n) is 3.62. The highest BCUT2D eigenvalue weighted by Gasteiger charge is 2.12. The van der Waals surface area contributed by atoms with Crippen molar-refractivity contribution in [1.29, 1.82) is 0 Å². The first kappa shape index (κ1) is 14.5. The Kier molecular flexibility index (Phi) is 3.54. The van der Waals surface area contributed by atoms with Crippen LogP contribution in [0.15, 0.2) is 47.3 Å². The van der Waals surface area contributed by atoms with Crippen molar-refractivity contribution in [3.8, 4) is 17.2 Å². The van der Waals surface area contributed by atoms with E-state index in [-0.39, 0.29) is 11.3 Å². The highest BCUT2D eigenvalue weighted by atomic mass is 35.5. The summed E-state index contributed by atoms with van der Waals surface area (Å²) < 4.78 is 7.25. The van der Waals surface area contributed by atoms with E-state index < -0.39 is 0 Å². The van der Waals surface area contributed by atoms with Gasteiger partial charge in [-0.05, 0) is 43.3 Å². The lowest BCUT2D eigenvalue weighted by Gasteiger charge is -2.12. The maximum Gasteiger partial charge on any atom is 0.257 e. The minimum atomic E-state index is -0.228. The third-order valence-corrected chi connectivity index (χ3v) is 3.87. The molecular weight excluding hydrogens is 302 g/mol. The lowest BCUT2D eigenvalue weighted by Crippen LogP contribution is -2.19. The zero-order chi connectivity index (χ0) is 15.9. The molecule has 3 aromatic rings. The number of aromatic hydroxyl groups is 1. The molecule has 2 aromatic carbocycles. The Bertz CT molecular complexity index is 914. The number of aromatic nitrogens is 1. The number of hydrogen-bond donors (Lipinski definition) is 1. The number of ether oxygens (including phenoxy) is 1. The molecule has 1 aromatic heterocycles. The molecule has 0 aliphatic rings. The molecule has 0 spiro atoms. The Balaban J connectivity index is 2.10. The van der Waals surface area contributed by atoms with Gasteiger partial charge in [0.2, 0.25) is 0 Å². The fraction of sp³-hybridized carbons (Fsp3) is 0.118. The summed E-state index contributed by atoms with van der Waals surface area (Å²) in [5.74, 6) is 1.23. The Morgan fingerprint density at radius 2 is 1.73 bits per heavy atom. The molecular formula is C17H14ClNO3.